The molecule has 3 amide bonds. The maximum absolute atomic E-state index is 11.3. The fourth-order valence-electron chi connectivity index (χ4n) is 1.16. The molecule has 0 saturated carbocycles. The van der Waals surface area contributed by atoms with Crippen molar-refractivity contribution in [2.24, 2.45) is 5.73 Å². The summed E-state index contributed by atoms with van der Waals surface area (Å²) in [4.78, 5) is 32.6. The van der Waals surface area contributed by atoms with Crippen LogP contribution in [0.25, 0.3) is 0 Å². The van der Waals surface area contributed by atoms with E-state index in [1.807, 2.05) is 0 Å². The lowest BCUT2D eigenvalue weighted by Gasteiger charge is -2.13. The monoisotopic (exact) mass is 255 g/mol. The molecule has 0 saturated heterocycles. The number of unbranched alkanes of at least 4 members (excludes halogenated alkanes) is 2. The van der Waals surface area contributed by atoms with Gasteiger partial charge in [-0.2, -0.15) is 0 Å². The minimum atomic E-state index is -1.31. The van der Waals surface area contributed by atoms with E-state index in [4.69, 9.17) is 17.3 Å². The molecule has 0 bridgehead atoms. The van der Waals surface area contributed by atoms with Crippen molar-refractivity contribution >= 4 is 17.9 Å². The van der Waals surface area contributed by atoms with E-state index >= 15 is 0 Å². The summed E-state index contributed by atoms with van der Waals surface area (Å²) in [6.07, 6.45) is 6.72. The van der Waals surface area contributed by atoms with E-state index in [2.05, 4.69) is 16.6 Å². The van der Waals surface area contributed by atoms with Crippen LogP contribution >= 0.6 is 0 Å². The van der Waals surface area contributed by atoms with E-state index in [9.17, 15) is 14.4 Å². The van der Waals surface area contributed by atoms with Gasteiger partial charge in [-0.3, -0.25) is 4.79 Å². The maximum atomic E-state index is 11.3. The molecule has 18 heavy (non-hydrogen) atoms. The van der Waals surface area contributed by atoms with Crippen molar-refractivity contribution in [2.75, 3.05) is 6.54 Å². The number of urea groups is 1. The molecule has 0 aliphatic rings. The molecule has 0 spiro atoms. The van der Waals surface area contributed by atoms with Crippen LogP contribution in [0.4, 0.5) is 4.79 Å². The third-order valence-corrected chi connectivity index (χ3v) is 2.04. The lowest BCUT2D eigenvalue weighted by Crippen LogP contribution is -2.47. The highest BCUT2D eigenvalue weighted by Crippen LogP contribution is 1.93. The van der Waals surface area contributed by atoms with Crippen molar-refractivity contribution in [2.45, 2.75) is 31.7 Å². The summed E-state index contributed by atoms with van der Waals surface area (Å²) in [7, 11) is 0. The van der Waals surface area contributed by atoms with Gasteiger partial charge in [0.05, 0.1) is 6.42 Å². The number of carboxylic acids is 1. The summed E-state index contributed by atoms with van der Waals surface area (Å²) < 4.78 is 0. The van der Waals surface area contributed by atoms with E-state index in [0.29, 0.717) is 19.4 Å². The summed E-state index contributed by atoms with van der Waals surface area (Å²) in [5, 5.41) is 13.4. The quantitative estimate of drug-likeness (QED) is 0.342. The zero-order chi connectivity index (χ0) is 14.0. The van der Waals surface area contributed by atoms with Crippen molar-refractivity contribution in [1.29, 1.82) is 0 Å². The average molecular weight is 255 g/mol. The molecular formula is C11H17N3O4. The first-order chi connectivity index (χ1) is 8.47. The number of nitrogens with one attached hydrogen (secondary N) is 2. The van der Waals surface area contributed by atoms with Crippen molar-refractivity contribution in [3.05, 3.63) is 0 Å². The van der Waals surface area contributed by atoms with E-state index in [1.54, 1.807) is 0 Å². The van der Waals surface area contributed by atoms with Gasteiger partial charge in [0.25, 0.3) is 0 Å². The Labute approximate surface area is 105 Å². The van der Waals surface area contributed by atoms with Crippen molar-refractivity contribution in [3.63, 3.8) is 0 Å². The highest BCUT2D eigenvalue weighted by molar-refractivity contribution is 5.87. The number of carbonyl (C=O) groups is 3. The van der Waals surface area contributed by atoms with Crippen LogP contribution in [0.1, 0.15) is 25.7 Å². The molecule has 0 heterocycles. The van der Waals surface area contributed by atoms with E-state index in [-0.39, 0.29) is 0 Å². The van der Waals surface area contributed by atoms with Crippen LogP contribution in [0.2, 0.25) is 0 Å². The Hall–Kier alpha value is -2.23. The summed E-state index contributed by atoms with van der Waals surface area (Å²) in [6, 6.07) is -1.96. The zero-order valence-corrected chi connectivity index (χ0v) is 9.94. The normalized spacial score (nSPS) is 11.1. The van der Waals surface area contributed by atoms with Gasteiger partial charge in [-0.15, -0.1) is 12.3 Å². The van der Waals surface area contributed by atoms with Crippen LogP contribution in [0, 0.1) is 12.3 Å². The Balaban J connectivity index is 3.92. The van der Waals surface area contributed by atoms with Gasteiger partial charge in [0.2, 0.25) is 5.91 Å². The second kappa shape index (κ2) is 8.87. The molecule has 0 aromatic rings. The molecule has 0 aliphatic carbocycles. The first-order valence-electron chi connectivity index (χ1n) is 5.46. The van der Waals surface area contributed by atoms with Gasteiger partial charge >= 0.3 is 12.0 Å². The molecule has 0 radical (unpaired) electrons. The van der Waals surface area contributed by atoms with Gasteiger partial charge in [0.1, 0.15) is 6.04 Å². The van der Waals surface area contributed by atoms with Crippen LogP contribution in [-0.4, -0.2) is 35.6 Å². The highest BCUT2D eigenvalue weighted by atomic mass is 16.4. The molecule has 100 valence electrons. The minimum Gasteiger partial charge on any atom is -0.480 e. The van der Waals surface area contributed by atoms with Crippen LogP contribution in [0.5, 0.6) is 0 Å². The lowest BCUT2D eigenvalue weighted by molar-refractivity contribution is -0.140. The Morgan fingerprint density at radius 2 is 2.00 bits per heavy atom. The number of aliphatic carboxylic acids is 1. The number of carbonyl (C=O) groups excluding carboxylic acids is 2. The largest absolute Gasteiger partial charge is 0.480 e. The minimum absolute atomic E-state index is 0.385. The Morgan fingerprint density at radius 1 is 1.33 bits per heavy atom. The molecular weight excluding hydrogens is 238 g/mol. The SMILES string of the molecule is C#CCCCCNC(=O)NC(CC(N)=O)C(=O)O. The summed E-state index contributed by atoms with van der Waals surface area (Å²) in [5.41, 5.74) is 4.87. The third-order valence-electron chi connectivity index (χ3n) is 2.04. The molecule has 0 fully saturated rings. The number of hydrogen-bond acceptors (Lipinski definition) is 3. The molecule has 5 N–H and O–H groups in total. The van der Waals surface area contributed by atoms with Gasteiger partial charge in [-0.25, -0.2) is 9.59 Å². The Kier molecular flexibility index (Phi) is 7.77. The van der Waals surface area contributed by atoms with Gasteiger partial charge in [-0.05, 0) is 12.8 Å². The lowest BCUT2D eigenvalue weighted by atomic mass is 10.2. The summed E-state index contributed by atoms with van der Waals surface area (Å²) in [6.45, 7) is 0.385. The number of terminal acetylenes is 1. The van der Waals surface area contributed by atoms with Crippen LogP contribution in [0.3, 0.4) is 0 Å². The van der Waals surface area contributed by atoms with Crippen molar-refractivity contribution in [1.82, 2.24) is 10.6 Å². The molecule has 0 aromatic carbocycles. The smallest absolute Gasteiger partial charge is 0.326 e. The number of amides is 3. The Morgan fingerprint density at radius 3 is 2.50 bits per heavy atom. The number of carboxylic acid groups (broad SMARTS) is 1. The van der Waals surface area contributed by atoms with Crippen LogP contribution in [0.15, 0.2) is 0 Å². The molecule has 0 aromatic heterocycles. The fraction of sp³-hybridized carbons (Fsp3) is 0.545. The van der Waals surface area contributed by atoms with Gasteiger partial charge < -0.3 is 21.5 Å². The predicted octanol–water partition coefficient (Wildman–Crippen LogP) is -0.582. The second-order valence-corrected chi connectivity index (χ2v) is 3.62. The number of nitrogens with two attached hydrogens (primary N) is 1. The molecule has 0 aliphatic heterocycles. The standard InChI is InChI=1S/C11H17N3O4/c1-2-3-4-5-6-13-11(18)14-8(10(16)17)7-9(12)15/h1,8H,3-7H2,(H2,12,15)(H,16,17)(H2,13,14,18). The highest BCUT2D eigenvalue weighted by Gasteiger charge is 2.21. The van der Waals surface area contributed by atoms with Gasteiger partial charge in [0, 0.05) is 13.0 Å². The van der Waals surface area contributed by atoms with E-state index in [0.717, 1.165) is 6.42 Å². The number of primary amides is 1. The second-order valence-electron chi connectivity index (χ2n) is 3.62. The zero-order valence-electron chi connectivity index (χ0n) is 9.94. The molecule has 0 rings (SSSR count). The van der Waals surface area contributed by atoms with E-state index in [1.165, 1.54) is 0 Å². The van der Waals surface area contributed by atoms with Crippen molar-refractivity contribution in [3.8, 4) is 12.3 Å². The molecule has 7 nitrogen and oxygen atoms in total. The van der Waals surface area contributed by atoms with Crippen LogP contribution < -0.4 is 16.4 Å². The van der Waals surface area contributed by atoms with Crippen LogP contribution in [-0.2, 0) is 9.59 Å². The fourth-order valence-corrected chi connectivity index (χ4v) is 1.16. The Bertz CT molecular complexity index is 349. The molecule has 1 unspecified atom stereocenters. The predicted molar refractivity (Wildman–Crippen MR) is 64.5 cm³/mol. The third kappa shape index (κ3) is 7.98. The maximum Gasteiger partial charge on any atom is 0.326 e. The average Bonchev–Trinajstić information content (AvgIpc) is 2.27. The van der Waals surface area contributed by atoms with Crippen molar-refractivity contribution < 1.29 is 19.5 Å². The van der Waals surface area contributed by atoms with Gasteiger partial charge in [-0.1, -0.05) is 0 Å². The molecule has 7 heteroatoms. The summed E-state index contributed by atoms with van der Waals surface area (Å²) >= 11 is 0. The number of rotatable bonds is 8. The first-order valence-corrected chi connectivity index (χ1v) is 5.46. The first kappa shape index (κ1) is 15.8. The molecule has 1 atom stereocenters. The number of hydrogen-bond donors (Lipinski definition) is 4. The summed E-state index contributed by atoms with van der Waals surface area (Å²) in [5.74, 6) is 0.363. The van der Waals surface area contributed by atoms with E-state index < -0.39 is 30.4 Å². The van der Waals surface area contributed by atoms with Gasteiger partial charge in [0.15, 0.2) is 0 Å². The topological polar surface area (TPSA) is 122 Å².